The molecule has 0 saturated carbocycles. The molecule has 0 atom stereocenters. The summed E-state index contributed by atoms with van der Waals surface area (Å²) in [6.45, 7) is 0.539. The van der Waals surface area contributed by atoms with Gasteiger partial charge in [-0.25, -0.2) is 4.98 Å². The summed E-state index contributed by atoms with van der Waals surface area (Å²) in [5, 5.41) is 1.00. The predicted octanol–water partition coefficient (Wildman–Crippen LogP) is 5.01. The number of ether oxygens (including phenoxy) is 1. The second-order valence-corrected chi connectivity index (χ2v) is 7.21. The van der Waals surface area contributed by atoms with E-state index in [0.29, 0.717) is 12.2 Å². The number of carbonyl (C=O) groups excluding carboxylic acids is 1. The third-order valence-corrected chi connectivity index (χ3v) is 5.17. The summed E-state index contributed by atoms with van der Waals surface area (Å²) in [4.78, 5) is 15.3. The van der Waals surface area contributed by atoms with Crippen LogP contribution in [-0.2, 0) is 6.42 Å². The molecule has 3 aromatic rings. The van der Waals surface area contributed by atoms with Gasteiger partial charge in [0.15, 0.2) is 0 Å². The van der Waals surface area contributed by atoms with Crippen LogP contribution >= 0.6 is 27.3 Å². The zero-order valence-corrected chi connectivity index (χ0v) is 14.6. The molecule has 0 aliphatic carbocycles. The zero-order valence-electron chi connectivity index (χ0n) is 12.2. The highest BCUT2D eigenvalue weighted by molar-refractivity contribution is 9.11. The van der Waals surface area contributed by atoms with Crippen molar-refractivity contribution in [2.24, 2.45) is 0 Å². The van der Waals surface area contributed by atoms with Crippen LogP contribution in [0.1, 0.15) is 16.1 Å². The Labute approximate surface area is 147 Å². The van der Waals surface area contributed by atoms with Gasteiger partial charge in [-0.3, -0.25) is 4.79 Å². The minimum Gasteiger partial charge on any atom is -0.493 e. The normalized spacial score (nSPS) is 10.5. The van der Waals surface area contributed by atoms with Crippen LogP contribution < -0.4 is 4.74 Å². The lowest BCUT2D eigenvalue weighted by Crippen LogP contribution is -2.02. The van der Waals surface area contributed by atoms with E-state index in [1.54, 1.807) is 35.6 Å². The zero-order chi connectivity index (χ0) is 16.1. The van der Waals surface area contributed by atoms with Gasteiger partial charge in [0, 0.05) is 17.5 Å². The van der Waals surface area contributed by atoms with Crippen LogP contribution in [0.4, 0.5) is 0 Å². The van der Waals surface area contributed by atoms with Crippen molar-refractivity contribution in [3.05, 3.63) is 69.6 Å². The Morgan fingerprint density at radius 1 is 1.09 bits per heavy atom. The molecule has 0 saturated heterocycles. The first kappa shape index (κ1) is 15.9. The molecule has 0 fully saturated rings. The molecule has 0 bridgehead atoms. The van der Waals surface area contributed by atoms with E-state index in [4.69, 9.17) is 4.74 Å². The van der Waals surface area contributed by atoms with Crippen molar-refractivity contribution in [3.8, 4) is 16.3 Å². The molecular formula is C18H14BrNO2S. The van der Waals surface area contributed by atoms with Gasteiger partial charge in [-0.05, 0) is 40.2 Å². The van der Waals surface area contributed by atoms with E-state index >= 15 is 0 Å². The van der Waals surface area contributed by atoms with Crippen molar-refractivity contribution in [2.75, 3.05) is 6.61 Å². The highest BCUT2D eigenvalue weighted by atomic mass is 79.9. The summed E-state index contributed by atoms with van der Waals surface area (Å²) in [7, 11) is 0. The summed E-state index contributed by atoms with van der Waals surface area (Å²) in [6.07, 6.45) is 1.54. The molecule has 3 nitrogen and oxygen atoms in total. The van der Waals surface area contributed by atoms with Gasteiger partial charge < -0.3 is 4.74 Å². The van der Waals surface area contributed by atoms with E-state index in [9.17, 15) is 4.79 Å². The van der Waals surface area contributed by atoms with E-state index in [0.717, 1.165) is 38.5 Å². The molecule has 0 amide bonds. The fourth-order valence-corrected chi connectivity index (χ4v) is 3.69. The van der Waals surface area contributed by atoms with E-state index in [2.05, 4.69) is 33.0 Å². The van der Waals surface area contributed by atoms with Crippen molar-refractivity contribution in [2.45, 2.75) is 6.42 Å². The molecule has 3 rings (SSSR count). The van der Waals surface area contributed by atoms with E-state index in [-0.39, 0.29) is 0 Å². The molecule has 0 aliphatic heterocycles. The number of thiazole rings is 1. The average Bonchev–Trinajstić information content (AvgIpc) is 2.97. The maximum atomic E-state index is 10.6. The van der Waals surface area contributed by atoms with Crippen LogP contribution in [0, 0.1) is 0 Å². The SMILES string of the molecule is O=Cc1ccc(OCCc2nc(-c3ccccc3)sc2Br)cc1. The number of aldehydes is 1. The summed E-state index contributed by atoms with van der Waals surface area (Å²) in [5.41, 5.74) is 2.76. The molecule has 23 heavy (non-hydrogen) atoms. The lowest BCUT2D eigenvalue weighted by molar-refractivity contribution is 0.112. The number of benzene rings is 2. The van der Waals surface area contributed by atoms with Gasteiger partial charge in [-0.1, -0.05) is 30.3 Å². The van der Waals surface area contributed by atoms with E-state index in [1.165, 1.54) is 0 Å². The molecule has 0 unspecified atom stereocenters. The highest BCUT2D eigenvalue weighted by Crippen LogP contribution is 2.32. The molecule has 2 aromatic carbocycles. The quantitative estimate of drug-likeness (QED) is 0.558. The standard InChI is InChI=1S/C18H14BrNO2S/c19-17-16(20-18(23-17)14-4-2-1-3-5-14)10-11-22-15-8-6-13(12-21)7-9-15/h1-9,12H,10-11H2. The van der Waals surface area contributed by atoms with Crippen LogP contribution in [0.15, 0.2) is 58.4 Å². The molecule has 1 aromatic heterocycles. The van der Waals surface area contributed by atoms with Crippen molar-refractivity contribution in [1.29, 1.82) is 0 Å². The Balaban J connectivity index is 1.62. The topological polar surface area (TPSA) is 39.2 Å². The van der Waals surface area contributed by atoms with E-state index < -0.39 is 0 Å². The number of nitrogens with zero attached hydrogens (tertiary/aromatic N) is 1. The third kappa shape index (κ3) is 4.06. The molecule has 0 aliphatic rings. The van der Waals surface area contributed by atoms with E-state index in [1.807, 2.05) is 18.2 Å². The van der Waals surface area contributed by atoms with Gasteiger partial charge in [0.1, 0.15) is 17.0 Å². The van der Waals surface area contributed by atoms with Gasteiger partial charge in [0.2, 0.25) is 0 Å². The minimum atomic E-state index is 0.539. The molecule has 0 spiro atoms. The van der Waals surface area contributed by atoms with Crippen molar-refractivity contribution >= 4 is 33.6 Å². The minimum absolute atomic E-state index is 0.539. The largest absolute Gasteiger partial charge is 0.493 e. The highest BCUT2D eigenvalue weighted by Gasteiger charge is 2.10. The lowest BCUT2D eigenvalue weighted by atomic mass is 10.2. The predicted molar refractivity (Wildman–Crippen MR) is 96.3 cm³/mol. The molecule has 1 heterocycles. The van der Waals surface area contributed by atoms with Crippen molar-refractivity contribution in [3.63, 3.8) is 0 Å². The van der Waals surface area contributed by atoms with Gasteiger partial charge in [0.05, 0.1) is 16.1 Å². The number of carbonyl (C=O) groups is 1. The first-order chi connectivity index (χ1) is 11.3. The number of hydrogen-bond donors (Lipinski definition) is 0. The molecule has 116 valence electrons. The van der Waals surface area contributed by atoms with Gasteiger partial charge in [-0.2, -0.15) is 0 Å². The summed E-state index contributed by atoms with van der Waals surface area (Å²) in [6, 6.07) is 17.2. The third-order valence-electron chi connectivity index (χ3n) is 3.29. The Bertz CT molecular complexity index is 785. The lowest BCUT2D eigenvalue weighted by Gasteiger charge is -2.05. The molecule has 0 radical (unpaired) electrons. The first-order valence-electron chi connectivity index (χ1n) is 7.15. The number of aromatic nitrogens is 1. The second-order valence-electron chi connectivity index (χ2n) is 4.89. The van der Waals surface area contributed by atoms with Gasteiger partial charge in [0.25, 0.3) is 0 Å². The molecule has 0 N–H and O–H groups in total. The van der Waals surface area contributed by atoms with Gasteiger partial charge in [-0.15, -0.1) is 11.3 Å². The Morgan fingerprint density at radius 2 is 1.83 bits per heavy atom. The second kappa shape index (κ2) is 7.53. The van der Waals surface area contributed by atoms with Crippen LogP contribution in [0.3, 0.4) is 0 Å². The van der Waals surface area contributed by atoms with Crippen molar-refractivity contribution in [1.82, 2.24) is 4.98 Å². The van der Waals surface area contributed by atoms with Crippen LogP contribution in [-0.4, -0.2) is 17.9 Å². The number of halogens is 1. The van der Waals surface area contributed by atoms with Crippen molar-refractivity contribution < 1.29 is 9.53 Å². The maximum absolute atomic E-state index is 10.6. The fraction of sp³-hybridized carbons (Fsp3) is 0.111. The summed E-state index contributed by atoms with van der Waals surface area (Å²) >= 11 is 5.21. The first-order valence-corrected chi connectivity index (χ1v) is 8.76. The number of hydrogen-bond acceptors (Lipinski definition) is 4. The summed E-state index contributed by atoms with van der Waals surface area (Å²) in [5.74, 6) is 0.755. The Hall–Kier alpha value is -1.98. The Morgan fingerprint density at radius 3 is 2.52 bits per heavy atom. The number of rotatable bonds is 6. The molecule has 5 heteroatoms. The smallest absolute Gasteiger partial charge is 0.150 e. The van der Waals surface area contributed by atoms with Crippen LogP contribution in [0.5, 0.6) is 5.75 Å². The maximum Gasteiger partial charge on any atom is 0.150 e. The van der Waals surface area contributed by atoms with Crippen LogP contribution in [0.25, 0.3) is 10.6 Å². The van der Waals surface area contributed by atoms with Gasteiger partial charge >= 0.3 is 0 Å². The van der Waals surface area contributed by atoms with Crippen LogP contribution in [0.2, 0.25) is 0 Å². The fourth-order valence-electron chi connectivity index (χ4n) is 2.10. The summed E-state index contributed by atoms with van der Waals surface area (Å²) < 4.78 is 6.75. The Kier molecular flexibility index (Phi) is 5.20. The monoisotopic (exact) mass is 387 g/mol. The molecular weight excluding hydrogens is 374 g/mol. The average molecular weight is 388 g/mol.